The first-order valence-corrected chi connectivity index (χ1v) is 4.51. The third-order valence-electron chi connectivity index (χ3n) is 2.52. The molecule has 13 heavy (non-hydrogen) atoms. The van der Waals surface area contributed by atoms with Crippen molar-refractivity contribution in [3.63, 3.8) is 0 Å². The molecule has 0 saturated carbocycles. The van der Waals surface area contributed by atoms with Crippen LogP contribution in [0, 0.1) is 0 Å². The van der Waals surface area contributed by atoms with Crippen molar-refractivity contribution in [2.24, 2.45) is 0 Å². The molecule has 1 saturated heterocycles. The van der Waals surface area contributed by atoms with Gasteiger partial charge in [0.25, 0.3) is 0 Å². The van der Waals surface area contributed by atoms with Gasteiger partial charge in [0, 0.05) is 6.42 Å². The van der Waals surface area contributed by atoms with E-state index in [1.54, 1.807) is 12.2 Å². The Morgan fingerprint density at radius 1 is 1.46 bits per heavy atom. The van der Waals surface area contributed by atoms with E-state index in [4.69, 9.17) is 9.47 Å². The largest absolute Gasteiger partial charge is 0.343 e. The van der Waals surface area contributed by atoms with E-state index in [0.717, 1.165) is 0 Å². The number of allylic oxidation sites excluding steroid dienone is 1. The molecule has 2 rings (SSSR count). The number of hydrogen-bond acceptors (Lipinski definition) is 3. The summed E-state index contributed by atoms with van der Waals surface area (Å²) in [5, 5.41) is 0. The molecule has 0 radical (unpaired) electrons. The van der Waals surface area contributed by atoms with Crippen LogP contribution in [0.15, 0.2) is 12.2 Å². The molecule has 0 aromatic carbocycles. The summed E-state index contributed by atoms with van der Waals surface area (Å²) in [6, 6.07) is 0. The fraction of sp³-hybridized carbons (Fsp3) is 0.700. The van der Waals surface area contributed by atoms with Crippen LogP contribution < -0.4 is 0 Å². The summed E-state index contributed by atoms with van der Waals surface area (Å²) >= 11 is 0. The van der Waals surface area contributed by atoms with Crippen LogP contribution in [-0.2, 0) is 14.3 Å². The summed E-state index contributed by atoms with van der Waals surface area (Å²) in [5.41, 5.74) is -0.419. The van der Waals surface area contributed by atoms with E-state index in [0.29, 0.717) is 6.42 Å². The average Bonchev–Trinajstić information content (AvgIpc) is 2.18. The van der Waals surface area contributed by atoms with Gasteiger partial charge in [-0.3, -0.25) is 4.79 Å². The second-order valence-electron chi connectivity index (χ2n) is 4.30. The van der Waals surface area contributed by atoms with Gasteiger partial charge in [0.05, 0.1) is 0 Å². The highest BCUT2D eigenvalue weighted by Gasteiger charge is 2.50. The van der Waals surface area contributed by atoms with Gasteiger partial charge in [-0.15, -0.1) is 0 Å². The highest BCUT2D eigenvalue weighted by Crippen LogP contribution is 2.40. The highest BCUT2D eigenvalue weighted by atomic mass is 16.8. The van der Waals surface area contributed by atoms with Gasteiger partial charge in [-0.1, -0.05) is 0 Å². The van der Waals surface area contributed by atoms with Crippen LogP contribution in [0.5, 0.6) is 0 Å². The molecule has 0 aromatic rings. The molecule has 3 heteroatoms. The van der Waals surface area contributed by atoms with E-state index in [9.17, 15) is 4.79 Å². The second-order valence-corrected chi connectivity index (χ2v) is 4.30. The van der Waals surface area contributed by atoms with Crippen molar-refractivity contribution in [3.05, 3.63) is 12.2 Å². The third kappa shape index (κ3) is 1.42. The number of fused-ring (bicyclic) bond motifs is 1. The molecule has 0 unspecified atom stereocenters. The summed E-state index contributed by atoms with van der Waals surface area (Å²) < 4.78 is 11.4. The van der Waals surface area contributed by atoms with Crippen molar-refractivity contribution in [3.8, 4) is 0 Å². The van der Waals surface area contributed by atoms with Gasteiger partial charge in [-0.05, 0) is 32.9 Å². The zero-order valence-corrected chi connectivity index (χ0v) is 8.16. The molecule has 0 aromatic heterocycles. The lowest BCUT2D eigenvalue weighted by Crippen LogP contribution is -2.38. The lowest BCUT2D eigenvalue weighted by molar-refractivity contribution is -0.153. The Labute approximate surface area is 77.7 Å². The second kappa shape index (κ2) is 2.42. The molecule has 0 spiro atoms. The number of ether oxygens (including phenoxy) is 2. The number of carbonyl (C=O) groups is 1. The number of carbonyl (C=O) groups excluding carboxylic acids is 1. The normalized spacial score (nSPS) is 42.1. The molecule has 72 valence electrons. The first-order valence-electron chi connectivity index (χ1n) is 4.51. The van der Waals surface area contributed by atoms with Crippen LogP contribution in [0.2, 0.25) is 0 Å². The topological polar surface area (TPSA) is 35.5 Å². The molecule has 1 fully saturated rings. The Kier molecular flexibility index (Phi) is 1.66. The highest BCUT2D eigenvalue weighted by molar-refractivity contribution is 5.91. The van der Waals surface area contributed by atoms with Crippen molar-refractivity contribution in [2.75, 3.05) is 0 Å². The standard InChI is InChI=1S/C10H14O3/c1-9(2)12-8-6-7(11)4-5-10(8,3)13-9/h4-5,8H,6H2,1-3H3/t8-,10+/m0/s1. The SMILES string of the molecule is CC1(C)O[C@H]2CC(=O)C=C[C@@]2(C)O1. The zero-order chi connectivity index (χ0) is 9.69. The Morgan fingerprint density at radius 2 is 2.15 bits per heavy atom. The van der Waals surface area contributed by atoms with E-state index in [1.807, 2.05) is 20.8 Å². The monoisotopic (exact) mass is 182 g/mol. The minimum Gasteiger partial charge on any atom is -0.343 e. The summed E-state index contributed by atoms with van der Waals surface area (Å²) in [6.07, 6.45) is 3.69. The van der Waals surface area contributed by atoms with Gasteiger partial charge in [-0.25, -0.2) is 0 Å². The average molecular weight is 182 g/mol. The van der Waals surface area contributed by atoms with Crippen molar-refractivity contribution in [1.29, 1.82) is 0 Å². The fourth-order valence-corrected chi connectivity index (χ4v) is 1.97. The quantitative estimate of drug-likeness (QED) is 0.568. The van der Waals surface area contributed by atoms with Gasteiger partial charge in [0.15, 0.2) is 11.6 Å². The molecule has 3 nitrogen and oxygen atoms in total. The van der Waals surface area contributed by atoms with E-state index in [2.05, 4.69) is 0 Å². The molecule has 2 aliphatic rings. The maximum atomic E-state index is 11.1. The Hall–Kier alpha value is -0.670. The van der Waals surface area contributed by atoms with Crippen molar-refractivity contribution in [1.82, 2.24) is 0 Å². The predicted molar refractivity (Wildman–Crippen MR) is 47.2 cm³/mol. The smallest absolute Gasteiger partial charge is 0.164 e. The van der Waals surface area contributed by atoms with Gasteiger partial charge in [0.2, 0.25) is 0 Å². The zero-order valence-electron chi connectivity index (χ0n) is 8.16. The molecular weight excluding hydrogens is 168 g/mol. The summed E-state index contributed by atoms with van der Waals surface area (Å²) in [4.78, 5) is 11.1. The van der Waals surface area contributed by atoms with Crippen LogP contribution in [0.3, 0.4) is 0 Å². The van der Waals surface area contributed by atoms with Crippen molar-refractivity contribution >= 4 is 5.78 Å². The fourth-order valence-electron chi connectivity index (χ4n) is 1.97. The molecule has 0 amide bonds. The molecule has 0 bridgehead atoms. The first kappa shape index (κ1) is 8.91. The Bertz CT molecular complexity index is 280. The Morgan fingerprint density at radius 3 is 2.85 bits per heavy atom. The van der Waals surface area contributed by atoms with Crippen molar-refractivity contribution < 1.29 is 14.3 Å². The van der Waals surface area contributed by atoms with E-state index >= 15 is 0 Å². The molecular formula is C10H14O3. The van der Waals surface area contributed by atoms with Crippen LogP contribution in [0.25, 0.3) is 0 Å². The van der Waals surface area contributed by atoms with Crippen LogP contribution >= 0.6 is 0 Å². The van der Waals surface area contributed by atoms with Crippen LogP contribution in [0.1, 0.15) is 27.2 Å². The van der Waals surface area contributed by atoms with Gasteiger partial charge >= 0.3 is 0 Å². The summed E-state index contributed by atoms with van der Waals surface area (Å²) in [7, 11) is 0. The maximum absolute atomic E-state index is 11.1. The minimum atomic E-state index is -0.575. The van der Waals surface area contributed by atoms with E-state index in [-0.39, 0.29) is 11.9 Å². The molecule has 1 aliphatic carbocycles. The molecule has 1 aliphatic heterocycles. The van der Waals surface area contributed by atoms with Crippen LogP contribution in [-0.4, -0.2) is 23.3 Å². The number of rotatable bonds is 0. The summed E-state index contributed by atoms with van der Waals surface area (Å²) in [6.45, 7) is 5.69. The maximum Gasteiger partial charge on any atom is 0.164 e. The van der Waals surface area contributed by atoms with E-state index < -0.39 is 11.4 Å². The molecule has 0 N–H and O–H groups in total. The number of hydrogen-bond donors (Lipinski definition) is 0. The lowest BCUT2D eigenvalue weighted by Gasteiger charge is -2.27. The minimum absolute atomic E-state index is 0.115. The first-order chi connectivity index (χ1) is 5.91. The number of ketones is 1. The lowest BCUT2D eigenvalue weighted by atomic mass is 9.89. The molecule has 2 atom stereocenters. The molecule has 1 heterocycles. The predicted octanol–water partition coefficient (Wildman–Crippen LogP) is 1.43. The summed E-state index contributed by atoms with van der Waals surface area (Å²) in [5.74, 6) is -0.460. The van der Waals surface area contributed by atoms with Gasteiger partial charge in [0.1, 0.15) is 11.7 Å². The Balaban J connectivity index is 2.30. The van der Waals surface area contributed by atoms with E-state index in [1.165, 1.54) is 0 Å². The van der Waals surface area contributed by atoms with Gasteiger partial charge in [-0.2, -0.15) is 0 Å². The third-order valence-corrected chi connectivity index (χ3v) is 2.52. The van der Waals surface area contributed by atoms with Crippen LogP contribution in [0.4, 0.5) is 0 Å². The van der Waals surface area contributed by atoms with Crippen molar-refractivity contribution in [2.45, 2.75) is 44.7 Å². The van der Waals surface area contributed by atoms with Gasteiger partial charge < -0.3 is 9.47 Å².